The summed E-state index contributed by atoms with van der Waals surface area (Å²) in [4.78, 5) is 8.39. The maximum absolute atomic E-state index is 5.98. The van der Waals surface area contributed by atoms with Crippen LogP contribution in [0.15, 0.2) is 0 Å². The van der Waals surface area contributed by atoms with Crippen molar-refractivity contribution in [1.29, 1.82) is 0 Å². The number of nitrogen functional groups attached to an aromatic ring is 2. The van der Waals surface area contributed by atoms with Crippen LogP contribution < -0.4 is 16.8 Å². The van der Waals surface area contributed by atoms with Crippen molar-refractivity contribution < 1.29 is 0 Å². The SMILES string of the molecule is Nc1nc2nc3c(c(N)n2n1)CNCC3. The molecule has 15 heavy (non-hydrogen) atoms. The summed E-state index contributed by atoms with van der Waals surface area (Å²) in [7, 11) is 0. The first-order chi connectivity index (χ1) is 7.25. The van der Waals surface area contributed by atoms with E-state index in [1.807, 2.05) is 0 Å². The smallest absolute Gasteiger partial charge is 0.256 e. The zero-order chi connectivity index (χ0) is 10.4. The van der Waals surface area contributed by atoms with Crippen LogP contribution in [0.4, 0.5) is 11.8 Å². The lowest BCUT2D eigenvalue weighted by Gasteiger charge is -2.17. The number of nitrogens with zero attached hydrogens (tertiary/aromatic N) is 4. The molecule has 0 aromatic carbocycles. The van der Waals surface area contributed by atoms with Crippen molar-refractivity contribution >= 4 is 17.5 Å². The topological polar surface area (TPSA) is 107 Å². The fourth-order valence-electron chi connectivity index (χ4n) is 1.84. The summed E-state index contributed by atoms with van der Waals surface area (Å²) in [6.45, 7) is 1.64. The first-order valence-electron chi connectivity index (χ1n) is 4.76. The van der Waals surface area contributed by atoms with Gasteiger partial charge in [0.1, 0.15) is 5.82 Å². The van der Waals surface area contributed by atoms with Gasteiger partial charge in [0.25, 0.3) is 5.78 Å². The molecule has 7 nitrogen and oxygen atoms in total. The lowest BCUT2D eigenvalue weighted by Crippen LogP contribution is -2.27. The largest absolute Gasteiger partial charge is 0.383 e. The van der Waals surface area contributed by atoms with Crippen molar-refractivity contribution in [3.63, 3.8) is 0 Å². The lowest BCUT2D eigenvalue weighted by atomic mass is 10.1. The van der Waals surface area contributed by atoms with Gasteiger partial charge < -0.3 is 16.8 Å². The Hall–Kier alpha value is -1.89. The van der Waals surface area contributed by atoms with Crippen LogP contribution in [0.2, 0.25) is 0 Å². The van der Waals surface area contributed by atoms with Gasteiger partial charge in [-0.1, -0.05) is 0 Å². The Morgan fingerprint density at radius 1 is 1.27 bits per heavy atom. The Kier molecular flexibility index (Phi) is 1.57. The average Bonchev–Trinajstić information content (AvgIpc) is 2.59. The molecular formula is C8H11N7. The Bertz CT molecular complexity index is 529. The summed E-state index contributed by atoms with van der Waals surface area (Å²) in [5.74, 6) is 1.25. The number of anilines is 2. The molecule has 2 aromatic heterocycles. The minimum atomic E-state index is 0.199. The van der Waals surface area contributed by atoms with Crippen molar-refractivity contribution in [3.8, 4) is 0 Å². The Morgan fingerprint density at radius 3 is 3.00 bits per heavy atom. The Balaban J connectivity index is 2.35. The van der Waals surface area contributed by atoms with Crippen molar-refractivity contribution in [3.05, 3.63) is 11.3 Å². The lowest BCUT2D eigenvalue weighted by molar-refractivity contribution is 0.626. The van der Waals surface area contributed by atoms with Gasteiger partial charge in [-0.15, -0.1) is 5.10 Å². The van der Waals surface area contributed by atoms with Crippen LogP contribution in [0.1, 0.15) is 11.3 Å². The summed E-state index contributed by atoms with van der Waals surface area (Å²) in [5.41, 5.74) is 13.5. The number of aromatic nitrogens is 4. The van der Waals surface area contributed by atoms with Gasteiger partial charge in [-0.25, -0.2) is 4.98 Å². The van der Waals surface area contributed by atoms with Crippen LogP contribution in [-0.2, 0) is 13.0 Å². The Labute approximate surface area is 85.5 Å². The van der Waals surface area contributed by atoms with E-state index in [0.29, 0.717) is 11.6 Å². The molecular weight excluding hydrogens is 194 g/mol. The van der Waals surface area contributed by atoms with E-state index < -0.39 is 0 Å². The standard InChI is InChI=1S/C8H11N7/c9-6-4-3-11-2-1-5(4)12-8-13-7(10)14-15(6)8/h11H,1-3,9H2,(H2,10,14). The molecule has 0 spiro atoms. The first kappa shape index (κ1) is 8.42. The molecule has 78 valence electrons. The van der Waals surface area contributed by atoms with E-state index in [9.17, 15) is 0 Å². The van der Waals surface area contributed by atoms with Gasteiger partial charge in [-0.3, -0.25) is 0 Å². The summed E-state index contributed by atoms with van der Waals surface area (Å²) >= 11 is 0. The Morgan fingerprint density at radius 2 is 2.13 bits per heavy atom. The molecule has 0 unspecified atom stereocenters. The minimum absolute atomic E-state index is 0.199. The molecule has 2 aromatic rings. The number of rotatable bonds is 0. The molecule has 3 rings (SSSR count). The monoisotopic (exact) mass is 205 g/mol. The van der Waals surface area contributed by atoms with Gasteiger partial charge in [0.05, 0.1) is 5.69 Å². The second-order valence-electron chi connectivity index (χ2n) is 3.53. The van der Waals surface area contributed by atoms with E-state index in [-0.39, 0.29) is 5.95 Å². The fraction of sp³-hybridized carbons (Fsp3) is 0.375. The predicted molar refractivity (Wildman–Crippen MR) is 55.0 cm³/mol. The molecule has 0 radical (unpaired) electrons. The molecule has 0 amide bonds. The number of fused-ring (bicyclic) bond motifs is 2. The van der Waals surface area contributed by atoms with Gasteiger partial charge in [0.2, 0.25) is 5.95 Å². The zero-order valence-electron chi connectivity index (χ0n) is 8.06. The molecule has 0 aliphatic carbocycles. The number of hydrogen-bond donors (Lipinski definition) is 3. The quantitative estimate of drug-likeness (QED) is 0.505. The molecule has 0 saturated carbocycles. The third-order valence-electron chi connectivity index (χ3n) is 2.57. The highest BCUT2D eigenvalue weighted by molar-refractivity contribution is 5.51. The van der Waals surface area contributed by atoms with Crippen molar-refractivity contribution in [2.75, 3.05) is 18.0 Å². The average molecular weight is 205 g/mol. The van der Waals surface area contributed by atoms with Crippen LogP contribution in [0.3, 0.4) is 0 Å². The highest BCUT2D eigenvalue weighted by atomic mass is 15.4. The second kappa shape index (κ2) is 2.80. The normalized spacial score (nSPS) is 15.5. The predicted octanol–water partition coefficient (Wildman–Crippen LogP) is -1.07. The van der Waals surface area contributed by atoms with E-state index in [0.717, 1.165) is 30.8 Å². The summed E-state index contributed by atoms with van der Waals surface area (Å²) in [6.07, 6.45) is 0.864. The highest BCUT2D eigenvalue weighted by Gasteiger charge is 2.17. The van der Waals surface area contributed by atoms with Crippen LogP contribution in [0.25, 0.3) is 5.78 Å². The molecule has 0 bridgehead atoms. The van der Waals surface area contributed by atoms with Crippen LogP contribution >= 0.6 is 0 Å². The maximum Gasteiger partial charge on any atom is 0.256 e. The van der Waals surface area contributed by atoms with Crippen LogP contribution in [-0.4, -0.2) is 26.1 Å². The van der Waals surface area contributed by atoms with E-state index >= 15 is 0 Å². The molecule has 5 N–H and O–H groups in total. The molecule has 0 atom stereocenters. The minimum Gasteiger partial charge on any atom is -0.383 e. The second-order valence-corrected chi connectivity index (χ2v) is 3.53. The number of hydrogen-bond acceptors (Lipinski definition) is 6. The molecule has 0 fully saturated rings. The summed E-state index contributed by atoms with van der Waals surface area (Å²) in [5, 5.41) is 7.23. The zero-order valence-corrected chi connectivity index (χ0v) is 8.06. The van der Waals surface area contributed by atoms with Gasteiger partial charge in [0, 0.05) is 25.1 Å². The van der Waals surface area contributed by atoms with Crippen LogP contribution in [0.5, 0.6) is 0 Å². The van der Waals surface area contributed by atoms with E-state index in [2.05, 4.69) is 20.4 Å². The van der Waals surface area contributed by atoms with Crippen molar-refractivity contribution in [2.24, 2.45) is 0 Å². The number of nitrogens with one attached hydrogen (secondary N) is 1. The maximum atomic E-state index is 5.98. The third-order valence-corrected chi connectivity index (χ3v) is 2.57. The van der Waals surface area contributed by atoms with Gasteiger partial charge in [0.15, 0.2) is 0 Å². The highest BCUT2D eigenvalue weighted by Crippen LogP contribution is 2.19. The molecule has 1 aliphatic rings. The van der Waals surface area contributed by atoms with E-state index in [1.54, 1.807) is 0 Å². The summed E-state index contributed by atoms with van der Waals surface area (Å²) < 4.78 is 1.49. The first-order valence-corrected chi connectivity index (χ1v) is 4.76. The summed E-state index contributed by atoms with van der Waals surface area (Å²) in [6, 6.07) is 0. The van der Waals surface area contributed by atoms with Crippen LogP contribution in [0, 0.1) is 0 Å². The van der Waals surface area contributed by atoms with Gasteiger partial charge in [-0.2, -0.15) is 9.50 Å². The molecule has 0 saturated heterocycles. The molecule has 3 heterocycles. The van der Waals surface area contributed by atoms with Crippen molar-refractivity contribution in [2.45, 2.75) is 13.0 Å². The van der Waals surface area contributed by atoms with Gasteiger partial charge >= 0.3 is 0 Å². The van der Waals surface area contributed by atoms with E-state index in [1.165, 1.54) is 4.52 Å². The number of nitrogens with two attached hydrogens (primary N) is 2. The van der Waals surface area contributed by atoms with Crippen molar-refractivity contribution in [1.82, 2.24) is 24.9 Å². The van der Waals surface area contributed by atoms with Gasteiger partial charge in [-0.05, 0) is 0 Å². The fourth-order valence-corrected chi connectivity index (χ4v) is 1.84. The van der Waals surface area contributed by atoms with E-state index in [4.69, 9.17) is 11.5 Å². The third kappa shape index (κ3) is 1.13. The molecule has 1 aliphatic heterocycles. The molecule has 7 heteroatoms.